The number of nitrogens with zero attached hydrogens (tertiary/aromatic N) is 3. The number of aromatic nitrogens is 2. The average Bonchev–Trinajstić information content (AvgIpc) is 3.06. The lowest BCUT2D eigenvalue weighted by atomic mass is 10.1. The largest absolute Gasteiger partial charge is 0.324 e. The Morgan fingerprint density at radius 1 is 1.38 bits per heavy atom. The SMILES string of the molecule is O=C(Cn1cc([N+](=O)[O-])cn1)Nc1ccc2c(c1)CCC2. The van der Waals surface area contributed by atoms with Gasteiger partial charge in [0.15, 0.2) is 0 Å². The molecule has 21 heavy (non-hydrogen) atoms. The van der Waals surface area contributed by atoms with Crippen molar-refractivity contribution in [2.45, 2.75) is 25.8 Å². The molecule has 7 heteroatoms. The third-order valence-corrected chi connectivity index (χ3v) is 3.52. The third kappa shape index (κ3) is 2.91. The molecule has 7 nitrogen and oxygen atoms in total. The molecule has 0 spiro atoms. The molecule has 2 aromatic rings. The molecule has 0 saturated heterocycles. The summed E-state index contributed by atoms with van der Waals surface area (Å²) in [5.74, 6) is -0.258. The van der Waals surface area contributed by atoms with Crippen molar-refractivity contribution in [3.8, 4) is 0 Å². The fraction of sp³-hybridized carbons (Fsp3) is 0.286. The minimum Gasteiger partial charge on any atom is -0.324 e. The molecule has 0 aliphatic heterocycles. The van der Waals surface area contributed by atoms with E-state index in [0.717, 1.165) is 31.1 Å². The summed E-state index contributed by atoms with van der Waals surface area (Å²) < 4.78 is 1.25. The van der Waals surface area contributed by atoms with E-state index in [2.05, 4.69) is 10.4 Å². The lowest BCUT2D eigenvalue weighted by Crippen LogP contribution is -2.19. The maximum atomic E-state index is 11.9. The molecule has 108 valence electrons. The number of nitrogens with one attached hydrogen (secondary N) is 1. The number of hydrogen-bond acceptors (Lipinski definition) is 4. The van der Waals surface area contributed by atoms with Crippen LogP contribution in [-0.2, 0) is 24.2 Å². The van der Waals surface area contributed by atoms with Crippen molar-refractivity contribution in [3.63, 3.8) is 0 Å². The Morgan fingerprint density at radius 3 is 2.95 bits per heavy atom. The molecule has 1 amide bonds. The maximum Gasteiger partial charge on any atom is 0.307 e. The van der Waals surface area contributed by atoms with Crippen LogP contribution < -0.4 is 5.32 Å². The van der Waals surface area contributed by atoms with Gasteiger partial charge in [0.25, 0.3) is 0 Å². The van der Waals surface area contributed by atoms with Crippen LogP contribution in [0.25, 0.3) is 0 Å². The Bertz CT molecular complexity index is 708. The van der Waals surface area contributed by atoms with Gasteiger partial charge in [-0.2, -0.15) is 5.10 Å². The van der Waals surface area contributed by atoms with E-state index in [9.17, 15) is 14.9 Å². The zero-order valence-corrected chi connectivity index (χ0v) is 11.3. The highest BCUT2D eigenvalue weighted by atomic mass is 16.6. The summed E-state index contributed by atoms with van der Waals surface area (Å²) in [5, 5.41) is 17.1. The zero-order chi connectivity index (χ0) is 14.8. The second-order valence-electron chi connectivity index (χ2n) is 5.04. The monoisotopic (exact) mass is 286 g/mol. The highest BCUT2D eigenvalue weighted by molar-refractivity contribution is 5.90. The molecular formula is C14H14N4O3. The molecule has 1 aliphatic carbocycles. The Morgan fingerprint density at radius 2 is 2.19 bits per heavy atom. The first-order valence-electron chi connectivity index (χ1n) is 6.70. The molecule has 0 unspecified atom stereocenters. The maximum absolute atomic E-state index is 11.9. The van der Waals surface area contributed by atoms with Crippen LogP contribution in [0.2, 0.25) is 0 Å². The van der Waals surface area contributed by atoms with Crippen molar-refractivity contribution in [2.24, 2.45) is 0 Å². The molecule has 0 fully saturated rings. The number of nitro groups is 1. The van der Waals surface area contributed by atoms with Crippen molar-refractivity contribution in [3.05, 3.63) is 51.8 Å². The van der Waals surface area contributed by atoms with Gasteiger partial charge in [-0.25, -0.2) is 0 Å². The third-order valence-electron chi connectivity index (χ3n) is 3.52. The summed E-state index contributed by atoms with van der Waals surface area (Å²) >= 11 is 0. The number of carbonyl (C=O) groups is 1. The van der Waals surface area contributed by atoms with Gasteiger partial charge in [-0.15, -0.1) is 0 Å². The molecule has 1 heterocycles. The number of aryl methyl sites for hydroxylation is 2. The van der Waals surface area contributed by atoms with Gasteiger partial charge in [0.1, 0.15) is 18.9 Å². The van der Waals surface area contributed by atoms with Crippen molar-refractivity contribution in [1.82, 2.24) is 9.78 Å². The summed E-state index contributed by atoms with van der Waals surface area (Å²) in [6, 6.07) is 5.91. The zero-order valence-electron chi connectivity index (χ0n) is 11.3. The summed E-state index contributed by atoms with van der Waals surface area (Å²) in [7, 11) is 0. The predicted octanol–water partition coefficient (Wildman–Crippen LogP) is 1.92. The fourth-order valence-corrected chi connectivity index (χ4v) is 2.53. The van der Waals surface area contributed by atoms with Crippen LogP contribution in [0.1, 0.15) is 17.5 Å². The molecule has 0 atom stereocenters. The van der Waals surface area contributed by atoms with Gasteiger partial charge in [0.05, 0.1) is 4.92 Å². The van der Waals surface area contributed by atoms with Gasteiger partial charge in [0.2, 0.25) is 5.91 Å². The number of fused-ring (bicyclic) bond motifs is 1. The average molecular weight is 286 g/mol. The van der Waals surface area contributed by atoms with Gasteiger partial charge in [0, 0.05) is 5.69 Å². The Balaban J connectivity index is 1.64. The Kier molecular flexibility index (Phi) is 3.39. The van der Waals surface area contributed by atoms with Gasteiger partial charge in [-0.3, -0.25) is 19.6 Å². The van der Waals surface area contributed by atoms with Crippen molar-refractivity contribution < 1.29 is 9.72 Å². The number of carbonyl (C=O) groups excluding carboxylic acids is 1. The molecule has 1 N–H and O–H groups in total. The standard InChI is InChI=1S/C14H14N4O3/c19-14(9-17-8-13(7-15-17)18(20)21)16-12-5-4-10-2-1-3-11(10)6-12/h4-8H,1-3,9H2,(H,16,19). The van der Waals surface area contributed by atoms with Gasteiger partial charge >= 0.3 is 5.69 Å². The Labute approximate surface area is 120 Å². The minimum absolute atomic E-state index is 0.0507. The van der Waals surface area contributed by atoms with Crippen molar-refractivity contribution in [1.29, 1.82) is 0 Å². The van der Waals surface area contributed by atoms with Crippen molar-refractivity contribution >= 4 is 17.3 Å². The summed E-state index contributed by atoms with van der Waals surface area (Å²) in [4.78, 5) is 21.9. The van der Waals surface area contributed by atoms with Gasteiger partial charge in [-0.05, 0) is 42.5 Å². The number of hydrogen-bond donors (Lipinski definition) is 1. The van der Waals surface area contributed by atoms with E-state index in [4.69, 9.17) is 0 Å². The topological polar surface area (TPSA) is 90.1 Å². The van der Waals surface area contributed by atoms with Crippen LogP contribution in [0.15, 0.2) is 30.6 Å². The van der Waals surface area contributed by atoms with E-state index in [1.165, 1.54) is 22.0 Å². The van der Waals surface area contributed by atoms with E-state index in [1.54, 1.807) is 0 Å². The molecular weight excluding hydrogens is 272 g/mol. The minimum atomic E-state index is -0.540. The fourth-order valence-electron chi connectivity index (χ4n) is 2.53. The van der Waals surface area contributed by atoms with Crippen LogP contribution in [-0.4, -0.2) is 20.6 Å². The summed E-state index contributed by atoms with van der Waals surface area (Å²) in [5.41, 5.74) is 3.25. The predicted molar refractivity (Wildman–Crippen MR) is 76.0 cm³/mol. The lowest BCUT2D eigenvalue weighted by Gasteiger charge is -2.07. The number of anilines is 1. The second kappa shape index (κ2) is 5.35. The number of rotatable bonds is 4. The molecule has 0 bridgehead atoms. The first kappa shape index (κ1) is 13.3. The molecule has 0 saturated carbocycles. The quantitative estimate of drug-likeness (QED) is 0.686. The van der Waals surface area contributed by atoms with E-state index in [0.29, 0.717) is 0 Å². The van der Waals surface area contributed by atoms with Crippen molar-refractivity contribution in [2.75, 3.05) is 5.32 Å². The molecule has 0 radical (unpaired) electrons. The smallest absolute Gasteiger partial charge is 0.307 e. The van der Waals surface area contributed by atoms with Gasteiger partial charge in [-0.1, -0.05) is 6.07 Å². The lowest BCUT2D eigenvalue weighted by molar-refractivity contribution is -0.385. The van der Waals surface area contributed by atoms with Crippen LogP contribution in [0.5, 0.6) is 0 Å². The first-order chi connectivity index (χ1) is 10.1. The van der Waals surface area contributed by atoms with Gasteiger partial charge < -0.3 is 5.32 Å². The molecule has 3 rings (SSSR count). The first-order valence-corrected chi connectivity index (χ1v) is 6.70. The molecule has 1 aromatic carbocycles. The normalized spacial score (nSPS) is 13.0. The molecule has 1 aliphatic rings. The van der Waals surface area contributed by atoms with E-state index in [1.807, 2.05) is 18.2 Å². The molecule has 1 aromatic heterocycles. The summed E-state index contributed by atoms with van der Waals surface area (Å²) in [6.45, 7) is -0.0507. The van der Waals surface area contributed by atoms with Crippen LogP contribution in [0.3, 0.4) is 0 Å². The Hall–Kier alpha value is -2.70. The number of amides is 1. The highest BCUT2D eigenvalue weighted by Gasteiger charge is 2.13. The van der Waals surface area contributed by atoms with Crippen LogP contribution in [0, 0.1) is 10.1 Å². The van der Waals surface area contributed by atoms with Crippen LogP contribution in [0.4, 0.5) is 11.4 Å². The summed E-state index contributed by atoms with van der Waals surface area (Å²) in [6.07, 6.45) is 5.67. The van der Waals surface area contributed by atoms with E-state index >= 15 is 0 Å². The number of benzene rings is 1. The highest BCUT2D eigenvalue weighted by Crippen LogP contribution is 2.24. The van der Waals surface area contributed by atoms with Crippen LogP contribution >= 0.6 is 0 Å². The van der Waals surface area contributed by atoms with E-state index < -0.39 is 4.92 Å². The second-order valence-corrected chi connectivity index (χ2v) is 5.04. The van der Waals surface area contributed by atoms with E-state index in [-0.39, 0.29) is 18.1 Å².